The Balaban J connectivity index is 2.69. The summed E-state index contributed by atoms with van der Waals surface area (Å²) >= 11 is 11.9. The Morgan fingerprint density at radius 2 is 1.69 bits per heavy atom. The number of carbonyl (C=O) groups excluding carboxylic acids is 3. The molecule has 0 bridgehead atoms. The zero-order valence-electron chi connectivity index (χ0n) is 14.9. The number of hydrogen-bond donors (Lipinski definition) is 1. The van der Waals surface area contributed by atoms with Gasteiger partial charge in [-0.25, -0.2) is 9.59 Å². The topological polar surface area (TPSA) is 90.9 Å². The molecule has 1 aromatic carbocycles. The Labute approximate surface area is 161 Å². The van der Waals surface area contributed by atoms with Gasteiger partial charge in [0, 0.05) is 0 Å². The third-order valence-electron chi connectivity index (χ3n) is 3.30. The van der Waals surface area contributed by atoms with Gasteiger partial charge in [-0.1, -0.05) is 37.0 Å². The molecule has 0 unspecified atom stereocenters. The Bertz CT molecular complexity index is 654. The third-order valence-corrected chi connectivity index (χ3v) is 3.86. The molecule has 0 aliphatic carbocycles. The molecule has 0 fully saturated rings. The van der Waals surface area contributed by atoms with E-state index in [9.17, 15) is 14.4 Å². The number of rotatable bonds is 8. The summed E-state index contributed by atoms with van der Waals surface area (Å²) < 4.78 is 14.6. The fourth-order valence-corrected chi connectivity index (χ4v) is 2.79. The van der Waals surface area contributed by atoms with Crippen molar-refractivity contribution in [2.24, 2.45) is 5.92 Å². The van der Waals surface area contributed by atoms with E-state index < -0.39 is 30.5 Å². The molecule has 9 heteroatoms. The maximum absolute atomic E-state index is 12.1. The average Bonchev–Trinajstić information content (AvgIpc) is 2.57. The smallest absolute Gasteiger partial charge is 0.338 e. The van der Waals surface area contributed by atoms with Crippen molar-refractivity contribution < 1.29 is 28.6 Å². The van der Waals surface area contributed by atoms with Crippen LogP contribution in [0, 0.1) is 5.92 Å². The van der Waals surface area contributed by atoms with E-state index in [1.165, 1.54) is 26.4 Å². The number of benzene rings is 1. The van der Waals surface area contributed by atoms with Crippen LogP contribution in [0.25, 0.3) is 0 Å². The van der Waals surface area contributed by atoms with Gasteiger partial charge in [-0.15, -0.1) is 0 Å². The molecule has 0 radical (unpaired) electrons. The van der Waals surface area contributed by atoms with Gasteiger partial charge in [0.2, 0.25) is 0 Å². The normalized spacial score (nSPS) is 11.7. The lowest BCUT2D eigenvalue weighted by molar-refractivity contribution is -0.145. The van der Waals surface area contributed by atoms with E-state index in [0.29, 0.717) is 6.42 Å². The van der Waals surface area contributed by atoms with Gasteiger partial charge in [0.25, 0.3) is 5.91 Å². The van der Waals surface area contributed by atoms with Crippen LogP contribution in [0.5, 0.6) is 5.75 Å². The molecule has 1 N–H and O–H groups in total. The largest absolute Gasteiger partial charge is 0.494 e. The minimum Gasteiger partial charge on any atom is -0.494 e. The van der Waals surface area contributed by atoms with Crippen molar-refractivity contribution in [3.05, 3.63) is 27.7 Å². The molecule has 1 rings (SSSR count). The van der Waals surface area contributed by atoms with Crippen molar-refractivity contribution in [1.29, 1.82) is 0 Å². The van der Waals surface area contributed by atoms with Gasteiger partial charge in [0.1, 0.15) is 6.04 Å². The van der Waals surface area contributed by atoms with Crippen molar-refractivity contribution in [3.8, 4) is 5.75 Å². The fraction of sp³-hybridized carbons (Fsp3) is 0.471. The molecule has 0 aliphatic heterocycles. The molecule has 7 nitrogen and oxygen atoms in total. The van der Waals surface area contributed by atoms with Crippen LogP contribution in [0.1, 0.15) is 30.6 Å². The second kappa shape index (κ2) is 10.2. The third kappa shape index (κ3) is 6.38. The zero-order valence-corrected chi connectivity index (χ0v) is 16.4. The highest BCUT2D eigenvalue weighted by atomic mass is 35.5. The minimum absolute atomic E-state index is 0.0697. The molecule has 1 amide bonds. The molecule has 0 aliphatic rings. The van der Waals surface area contributed by atoms with E-state index in [2.05, 4.69) is 10.1 Å². The molecule has 26 heavy (non-hydrogen) atoms. The quantitative estimate of drug-likeness (QED) is 0.668. The maximum atomic E-state index is 12.1. The van der Waals surface area contributed by atoms with E-state index in [1.54, 1.807) is 0 Å². The van der Waals surface area contributed by atoms with Crippen LogP contribution in [0.4, 0.5) is 0 Å². The number of ether oxygens (including phenoxy) is 3. The van der Waals surface area contributed by atoms with Crippen LogP contribution < -0.4 is 10.1 Å². The Hall–Kier alpha value is -1.99. The first-order valence-corrected chi connectivity index (χ1v) is 8.52. The number of methoxy groups -OCH3 is 2. The molecule has 0 aromatic heterocycles. The predicted molar refractivity (Wildman–Crippen MR) is 96.7 cm³/mol. The lowest BCUT2D eigenvalue weighted by Gasteiger charge is -2.18. The van der Waals surface area contributed by atoms with Crippen molar-refractivity contribution >= 4 is 41.0 Å². The summed E-state index contributed by atoms with van der Waals surface area (Å²) in [5.74, 6) is -1.58. The van der Waals surface area contributed by atoms with E-state index in [-0.39, 0.29) is 27.3 Å². The number of amides is 1. The first kappa shape index (κ1) is 22.1. The zero-order chi connectivity index (χ0) is 19.9. The molecule has 0 saturated carbocycles. The van der Waals surface area contributed by atoms with E-state index in [0.717, 1.165) is 0 Å². The number of esters is 2. The Morgan fingerprint density at radius 1 is 1.12 bits per heavy atom. The van der Waals surface area contributed by atoms with Gasteiger partial charge in [-0.2, -0.15) is 0 Å². The molecule has 1 atom stereocenters. The lowest BCUT2D eigenvalue weighted by Crippen LogP contribution is -2.44. The van der Waals surface area contributed by atoms with Crippen LogP contribution in [0.15, 0.2) is 12.1 Å². The Morgan fingerprint density at radius 3 is 2.15 bits per heavy atom. The molecule has 0 heterocycles. The molecule has 1 aromatic rings. The first-order valence-electron chi connectivity index (χ1n) is 7.76. The standard InChI is InChI=1S/C17H21Cl2NO6/c1-9(2)5-13(17(23)25-4)20-14(21)8-26-16(22)10-6-11(18)15(24-3)12(19)7-10/h6-7,9,13H,5,8H2,1-4H3,(H,20,21)/t13-/m0/s1. The lowest BCUT2D eigenvalue weighted by atomic mass is 10.0. The van der Waals surface area contributed by atoms with E-state index in [4.69, 9.17) is 32.7 Å². The Kier molecular flexibility index (Phi) is 8.68. The summed E-state index contributed by atoms with van der Waals surface area (Å²) in [4.78, 5) is 35.7. The van der Waals surface area contributed by atoms with Crippen LogP contribution in [-0.2, 0) is 19.1 Å². The molecule has 0 spiro atoms. The van der Waals surface area contributed by atoms with Crippen LogP contribution in [-0.4, -0.2) is 44.7 Å². The summed E-state index contributed by atoms with van der Waals surface area (Å²) in [7, 11) is 2.63. The number of hydrogen-bond acceptors (Lipinski definition) is 6. The van der Waals surface area contributed by atoms with Gasteiger partial charge in [-0.05, 0) is 24.5 Å². The molecule has 144 valence electrons. The SMILES string of the molecule is COC(=O)[C@H](CC(C)C)NC(=O)COC(=O)c1cc(Cl)c(OC)c(Cl)c1. The predicted octanol–water partition coefficient (Wildman–Crippen LogP) is 2.86. The van der Waals surface area contributed by atoms with Crippen LogP contribution in [0.2, 0.25) is 10.0 Å². The van der Waals surface area contributed by atoms with Crippen molar-refractivity contribution in [3.63, 3.8) is 0 Å². The summed E-state index contributed by atoms with van der Waals surface area (Å²) in [6.07, 6.45) is 0.399. The second-order valence-electron chi connectivity index (χ2n) is 5.82. The van der Waals surface area contributed by atoms with Crippen LogP contribution >= 0.6 is 23.2 Å². The van der Waals surface area contributed by atoms with Gasteiger partial charge in [0.15, 0.2) is 12.4 Å². The summed E-state index contributed by atoms with van der Waals surface area (Å²) in [6.45, 7) is 3.24. The highest BCUT2D eigenvalue weighted by molar-refractivity contribution is 6.37. The molecular weight excluding hydrogens is 385 g/mol. The van der Waals surface area contributed by atoms with E-state index >= 15 is 0 Å². The maximum Gasteiger partial charge on any atom is 0.338 e. The number of carbonyl (C=O) groups is 3. The van der Waals surface area contributed by atoms with E-state index in [1.807, 2.05) is 13.8 Å². The van der Waals surface area contributed by atoms with Gasteiger partial charge < -0.3 is 19.5 Å². The number of nitrogens with one attached hydrogen (secondary N) is 1. The van der Waals surface area contributed by atoms with Crippen LogP contribution in [0.3, 0.4) is 0 Å². The summed E-state index contributed by atoms with van der Waals surface area (Å²) in [5, 5.41) is 2.76. The molecule has 0 saturated heterocycles. The van der Waals surface area contributed by atoms with Crippen molar-refractivity contribution in [2.45, 2.75) is 26.3 Å². The fourth-order valence-electron chi connectivity index (χ4n) is 2.15. The summed E-state index contributed by atoms with van der Waals surface area (Å²) in [5.41, 5.74) is 0.0697. The van der Waals surface area contributed by atoms with Crippen molar-refractivity contribution in [2.75, 3.05) is 20.8 Å². The molecular formula is C17H21Cl2NO6. The average molecular weight is 406 g/mol. The number of halogens is 2. The first-order chi connectivity index (χ1) is 12.2. The van der Waals surface area contributed by atoms with Gasteiger partial charge in [-0.3, -0.25) is 4.79 Å². The van der Waals surface area contributed by atoms with Gasteiger partial charge in [0.05, 0.1) is 29.8 Å². The minimum atomic E-state index is -0.809. The van der Waals surface area contributed by atoms with Gasteiger partial charge >= 0.3 is 11.9 Å². The highest BCUT2D eigenvalue weighted by Gasteiger charge is 2.23. The summed E-state index contributed by atoms with van der Waals surface area (Å²) in [6, 6.07) is 1.83. The monoisotopic (exact) mass is 405 g/mol. The second-order valence-corrected chi connectivity index (χ2v) is 6.64. The van der Waals surface area contributed by atoms with Crippen molar-refractivity contribution in [1.82, 2.24) is 5.32 Å². The highest BCUT2D eigenvalue weighted by Crippen LogP contribution is 2.33.